The molecule has 0 fully saturated rings. The maximum absolute atomic E-state index is 11.7. The highest BCUT2D eigenvalue weighted by atomic mass is 16.5. The van der Waals surface area contributed by atoms with E-state index in [4.69, 9.17) is 4.74 Å². The van der Waals surface area contributed by atoms with Gasteiger partial charge in [0.15, 0.2) is 0 Å². The standard InChI is InChI=1S/C19H17NO2/c1-20(2)15-12-10-14(11-13-15)6-5-9-18-16-7-3-4-8-17(16)19(21)22-18/h3-13H,1-2H3/b6-5+,18-9-. The molecule has 0 saturated heterocycles. The van der Waals surface area contributed by atoms with Crippen molar-refractivity contribution in [1.29, 1.82) is 0 Å². The van der Waals surface area contributed by atoms with Gasteiger partial charge in [-0.2, -0.15) is 0 Å². The van der Waals surface area contributed by atoms with Crippen LogP contribution in [0.15, 0.2) is 60.7 Å². The zero-order valence-corrected chi connectivity index (χ0v) is 12.6. The van der Waals surface area contributed by atoms with Crippen molar-refractivity contribution in [3.05, 3.63) is 77.4 Å². The molecule has 0 bridgehead atoms. The summed E-state index contributed by atoms with van der Waals surface area (Å²) in [5, 5.41) is 0. The minimum absolute atomic E-state index is 0.286. The minimum Gasteiger partial charge on any atom is -0.422 e. The molecule has 3 rings (SSSR count). The number of hydrogen-bond acceptors (Lipinski definition) is 3. The molecule has 0 amide bonds. The lowest BCUT2D eigenvalue weighted by Gasteiger charge is -2.11. The summed E-state index contributed by atoms with van der Waals surface area (Å²) in [6.45, 7) is 0. The van der Waals surface area contributed by atoms with E-state index in [2.05, 4.69) is 29.2 Å². The molecule has 110 valence electrons. The normalized spacial score (nSPS) is 15.2. The number of anilines is 1. The molecular weight excluding hydrogens is 274 g/mol. The van der Waals surface area contributed by atoms with Crippen molar-refractivity contribution in [3.63, 3.8) is 0 Å². The fraction of sp³-hybridized carbons (Fsp3) is 0.105. The maximum atomic E-state index is 11.7. The Labute approximate surface area is 130 Å². The predicted molar refractivity (Wildman–Crippen MR) is 89.6 cm³/mol. The van der Waals surface area contributed by atoms with Crippen LogP contribution in [0.2, 0.25) is 0 Å². The number of hydrogen-bond donors (Lipinski definition) is 0. The summed E-state index contributed by atoms with van der Waals surface area (Å²) in [4.78, 5) is 13.8. The van der Waals surface area contributed by atoms with Gasteiger partial charge in [-0.15, -0.1) is 0 Å². The second kappa shape index (κ2) is 5.90. The van der Waals surface area contributed by atoms with Crippen LogP contribution in [-0.4, -0.2) is 20.1 Å². The number of nitrogens with zero attached hydrogens (tertiary/aromatic N) is 1. The van der Waals surface area contributed by atoms with E-state index in [0.717, 1.165) is 16.8 Å². The minimum atomic E-state index is -0.286. The number of carbonyl (C=O) groups excluding carboxylic acids is 1. The molecule has 1 aliphatic rings. The lowest BCUT2D eigenvalue weighted by atomic mass is 10.1. The van der Waals surface area contributed by atoms with Crippen LogP contribution in [0.3, 0.4) is 0 Å². The molecule has 0 spiro atoms. The molecule has 0 aliphatic carbocycles. The molecule has 0 unspecified atom stereocenters. The first-order valence-electron chi connectivity index (χ1n) is 7.12. The Bertz CT molecular complexity index is 755. The largest absolute Gasteiger partial charge is 0.422 e. The van der Waals surface area contributed by atoms with E-state index in [1.807, 2.05) is 50.5 Å². The number of ether oxygens (including phenoxy) is 1. The van der Waals surface area contributed by atoms with Crippen molar-refractivity contribution in [2.75, 3.05) is 19.0 Å². The van der Waals surface area contributed by atoms with Crippen molar-refractivity contribution in [2.24, 2.45) is 0 Å². The van der Waals surface area contributed by atoms with Gasteiger partial charge in [-0.05, 0) is 29.8 Å². The van der Waals surface area contributed by atoms with Crippen molar-refractivity contribution < 1.29 is 9.53 Å². The number of esters is 1. The summed E-state index contributed by atoms with van der Waals surface area (Å²) in [5.74, 6) is 0.312. The zero-order valence-electron chi connectivity index (χ0n) is 12.6. The van der Waals surface area contributed by atoms with Gasteiger partial charge in [0.25, 0.3) is 0 Å². The Morgan fingerprint density at radius 3 is 2.32 bits per heavy atom. The molecule has 3 heteroatoms. The second-order valence-electron chi connectivity index (χ2n) is 5.31. The van der Waals surface area contributed by atoms with Gasteiger partial charge in [-0.25, -0.2) is 4.79 Å². The summed E-state index contributed by atoms with van der Waals surface area (Å²) in [6, 6.07) is 15.7. The van der Waals surface area contributed by atoms with Crippen LogP contribution in [0.4, 0.5) is 5.69 Å². The molecule has 0 aromatic heterocycles. The fourth-order valence-corrected chi connectivity index (χ4v) is 2.34. The monoisotopic (exact) mass is 291 g/mol. The van der Waals surface area contributed by atoms with Gasteiger partial charge >= 0.3 is 5.97 Å². The van der Waals surface area contributed by atoms with Crippen molar-refractivity contribution >= 4 is 23.5 Å². The van der Waals surface area contributed by atoms with Gasteiger partial charge in [0.05, 0.1) is 5.56 Å². The number of rotatable bonds is 3. The topological polar surface area (TPSA) is 29.5 Å². The van der Waals surface area contributed by atoms with Crippen molar-refractivity contribution in [1.82, 2.24) is 0 Å². The smallest absolute Gasteiger partial charge is 0.344 e. The van der Waals surface area contributed by atoms with E-state index in [9.17, 15) is 4.79 Å². The Morgan fingerprint density at radius 2 is 1.64 bits per heavy atom. The molecule has 1 heterocycles. The van der Waals surface area contributed by atoms with E-state index in [1.54, 1.807) is 6.07 Å². The van der Waals surface area contributed by atoms with Crippen LogP contribution in [0.1, 0.15) is 21.5 Å². The highest BCUT2D eigenvalue weighted by Crippen LogP contribution is 2.29. The Balaban J connectivity index is 1.78. The molecule has 0 N–H and O–H groups in total. The third kappa shape index (κ3) is 2.79. The van der Waals surface area contributed by atoms with Crippen LogP contribution < -0.4 is 4.90 Å². The lowest BCUT2D eigenvalue weighted by Crippen LogP contribution is -2.07. The summed E-state index contributed by atoms with van der Waals surface area (Å²) in [7, 11) is 4.03. The SMILES string of the molecule is CN(C)c1ccc(/C=C/C=C2\OC(=O)c3ccccc32)cc1. The van der Waals surface area contributed by atoms with Gasteiger partial charge in [0.1, 0.15) is 5.76 Å². The van der Waals surface area contributed by atoms with E-state index < -0.39 is 0 Å². The van der Waals surface area contributed by atoms with Crippen LogP contribution >= 0.6 is 0 Å². The van der Waals surface area contributed by atoms with E-state index >= 15 is 0 Å². The molecule has 22 heavy (non-hydrogen) atoms. The quantitative estimate of drug-likeness (QED) is 0.801. The number of carbonyl (C=O) groups is 1. The number of benzene rings is 2. The second-order valence-corrected chi connectivity index (χ2v) is 5.31. The van der Waals surface area contributed by atoms with E-state index in [-0.39, 0.29) is 5.97 Å². The van der Waals surface area contributed by atoms with Crippen molar-refractivity contribution in [3.8, 4) is 0 Å². The Morgan fingerprint density at radius 1 is 0.955 bits per heavy atom. The van der Waals surface area contributed by atoms with Gasteiger partial charge < -0.3 is 9.64 Å². The highest BCUT2D eigenvalue weighted by molar-refractivity contribution is 6.03. The number of fused-ring (bicyclic) bond motifs is 1. The number of cyclic esters (lactones) is 1. The first-order valence-corrected chi connectivity index (χ1v) is 7.12. The molecule has 3 nitrogen and oxygen atoms in total. The molecule has 2 aromatic carbocycles. The molecule has 1 aliphatic heterocycles. The molecule has 2 aromatic rings. The summed E-state index contributed by atoms with van der Waals surface area (Å²) in [5.41, 5.74) is 3.73. The third-order valence-corrected chi connectivity index (χ3v) is 3.56. The Hall–Kier alpha value is -2.81. The maximum Gasteiger partial charge on any atom is 0.344 e. The number of allylic oxidation sites excluding steroid dienone is 2. The van der Waals surface area contributed by atoms with E-state index in [1.165, 1.54) is 0 Å². The van der Waals surface area contributed by atoms with E-state index in [0.29, 0.717) is 11.3 Å². The first-order chi connectivity index (χ1) is 10.6. The average molecular weight is 291 g/mol. The summed E-state index contributed by atoms with van der Waals surface area (Å²) in [6.07, 6.45) is 5.71. The van der Waals surface area contributed by atoms with Gasteiger partial charge in [0, 0.05) is 25.3 Å². The highest BCUT2D eigenvalue weighted by Gasteiger charge is 2.24. The predicted octanol–water partition coefficient (Wildman–Crippen LogP) is 3.98. The van der Waals surface area contributed by atoms with Crippen LogP contribution in [0.25, 0.3) is 11.8 Å². The van der Waals surface area contributed by atoms with Crippen LogP contribution in [0.5, 0.6) is 0 Å². The summed E-state index contributed by atoms with van der Waals surface area (Å²) >= 11 is 0. The molecule has 0 saturated carbocycles. The fourth-order valence-electron chi connectivity index (χ4n) is 2.34. The van der Waals surface area contributed by atoms with Crippen LogP contribution in [-0.2, 0) is 4.74 Å². The van der Waals surface area contributed by atoms with Crippen molar-refractivity contribution in [2.45, 2.75) is 0 Å². The zero-order chi connectivity index (χ0) is 15.5. The van der Waals surface area contributed by atoms with Gasteiger partial charge in [-0.3, -0.25) is 0 Å². The summed E-state index contributed by atoms with van der Waals surface area (Å²) < 4.78 is 5.28. The Kier molecular flexibility index (Phi) is 3.79. The third-order valence-electron chi connectivity index (χ3n) is 3.56. The first kappa shape index (κ1) is 14.1. The average Bonchev–Trinajstić information content (AvgIpc) is 2.85. The lowest BCUT2D eigenvalue weighted by molar-refractivity contribution is 0.0716. The van der Waals surface area contributed by atoms with Gasteiger partial charge in [-0.1, -0.05) is 42.5 Å². The molecule has 0 atom stereocenters. The van der Waals surface area contributed by atoms with Crippen LogP contribution in [0, 0.1) is 0 Å². The molecule has 0 radical (unpaired) electrons. The van der Waals surface area contributed by atoms with Gasteiger partial charge in [0.2, 0.25) is 0 Å². The molecular formula is C19H17NO2.